The average molecular weight is 653 g/mol. The van der Waals surface area contributed by atoms with Gasteiger partial charge in [-0.05, 0) is 68.1 Å². The smallest absolute Gasteiger partial charge is 0.264 e. The Morgan fingerprint density at radius 1 is 0.929 bits per heavy atom. The highest BCUT2D eigenvalue weighted by Gasteiger charge is 2.35. The van der Waals surface area contributed by atoms with E-state index in [0.29, 0.717) is 32.7 Å². The number of rotatable bonds is 12. The number of hydrogen-bond acceptors (Lipinski definition) is 4. The Hall–Kier alpha value is -2.78. The van der Waals surface area contributed by atoms with Gasteiger partial charge in [-0.3, -0.25) is 13.9 Å². The molecule has 0 bridgehead atoms. The van der Waals surface area contributed by atoms with E-state index in [1.54, 1.807) is 56.3 Å². The molecule has 0 radical (unpaired) electrons. The van der Waals surface area contributed by atoms with Crippen molar-refractivity contribution in [3.05, 3.63) is 92.4 Å². The first-order chi connectivity index (χ1) is 19.8. The molecule has 3 aromatic rings. The molecule has 1 N–H and O–H groups in total. The first-order valence-electron chi connectivity index (χ1n) is 13.6. The maximum atomic E-state index is 14.2. The fourth-order valence-electron chi connectivity index (χ4n) is 4.40. The summed E-state index contributed by atoms with van der Waals surface area (Å²) in [5.74, 6) is -0.767. The van der Waals surface area contributed by atoms with Crippen molar-refractivity contribution in [1.29, 1.82) is 0 Å². The average Bonchev–Trinajstić information content (AvgIpc) is 2.93. The summed E-state index contributed by atoms with van der Waals surface area (Å²) in [7, 11) is -4.23. The van der Waals surface area contributed by atoms with Crippen molar-refractivity contribution in [2.75, 3.05) is 17.4 Å². The number of nitrogens with one attached hydrogen (secondary N) is 1. The second-order valence-corrected chi connectivity index (χ2v) is 13.7. The molecule has 1 atom stereocenters. The lowest BCUT2D eigenvalue weighted by Gasteiger charge is -2.34. The Balaban J connectivity index is 2.13. The third-order valence-corrected chi connectivity index (χ3v) is 9.51. The topological polar surface area (TPSA) is 86.8 Å². The summed E-state index contributed by atoms with van der Waals surface area (Å²) in [5, 5.41) is 3.86. The zero-order valence-corrected chi connectivity index (χ0v) is 27.4. The molecule has 3 rings (SSSR count). The van der Waals surface area contributed by atoms with Crippen LogP contribution in [0.4, 0.5) is 5.69 Å². The monoisotopic (exact) mass is 651 g/mol. The fourth-order valence-corrected chi connectivity index (χ4v) is 6.55. The molecule has 2 amide bonds. The number of sulfonamides is 1. The molecule has 0 fully saturated rings. The molecule has 11 heteroatoms. The molecule has 0 spiro atoms. The second kappa shape index (κ2) is 14.6. The number of carbonyl (C=O) groups is 2. The van der Waals surface area contributed by atoms with Crippen molar-refractivity contribution < 1.29 is 18.0 Å². The summed E-state index contributed by atoms with van der Waals surface area (Å²) in [6.07, 6.45) is 0.276. The molecule has 0 saturated carbocycles. The Kier molecular flexibility index (Phi) is 11.7. The van der Waals surface area contributed by atoms with Crippen LogP contribution in [0.5, 0.6) is 0 Å². The van der Waals surface area contributed by atoms with Gasteiger partial charge < -0.3 is 10.2 Å². The summed E-state index contributed by atoms with van der Waals surface area (Å²) < 4.78 is 29.2. The Morgan fingerprint density at radius 3 is 2.12 bits per heavy atom. The summed E-state index contributed by atoms with van der Waals surface area (Å²) in [4.78, 5) is 29.0. The minimum Gasteiger partial charge on any atom is -0.354 e. The standard InChI is InChI=1S/C31H36Cl3N3O4S/c1-6-28(31(39)35-17-20(2)3)36(18-25-26(33)8-7-9-27(25)34)30(38)19-37(29-16-23(32)13-12-22(29)5)42(40,41)24-14-10-21(4)11-15-24/h7-16,20,28H,6,17-19H2,1-5H3,(H,35,39)/t28-/m0/s1. The minimum absolute atomic E-state index is 0.0164. The maximum absolute atomic E-state index is 14.2. The molecule has 0 saturated heterocycles. The number of anilines is 1. The van der Waals surface area contributed by atoms with E-state index >= 15 is 0 Å². The van der Waals surface area contributed by atoms with E-state index in [9.17, 15) is 18.0 Å². The van der Waals surface area contributed by atoms with Gasteiger partial charge in [-0.15, -0.1) is 0 Å². The molecule has 0 aliphatic rings. The second-order valence-electron chi connectivity index (χ2n) is 10.5. The van der Waals surface area contributed by atoms with Gasteiger partial charge in [-0.25, -0.2) is 8.42 Å². The number of benzene rings is 3. The quantitative estimate of drug-likeness (QED) is 0.227. The van der Waals surface area contributed by atoms with E-state index in [1.807, 2.05) is 20.8 Å². The molecule has 0 aliphatic heterocycles. The summed E-state index contributed by atoms with van der Waals surface area (Å²) in [6.45, 7) is 9.04. The van der Waals surface area contributed by atoms with Crippen LogP contribution in [0.1, 0.15) is 43.9 Å². The molecule has 226 valence electrons. The number of carbonyl (C=O) groups excluding carboxylic acids is 2. The summed E-state index contributed by atoms with van der Waals surface area (Å²) >= 11 is 19.2. The molecule has 0 unspecified atom stereocenters. The van der Waals surface area contributed by atoms with Gasteiger partial charge in [0.1, 0.15) is 12.6 Å². The van der Waals surface area contributed by atoms with Crippen LogP contribution >= 0.6 is 34.8 Å². The van der Waals surface area contributed by atoms with Crippen molar-refractivity contribution in [3.8, 4) is 0 Å². The third kappa shape index (κ3) is 8.19. The lowest BCUT2D eigenvalue weighted by atomic mass is 10.1. The van der Waals surface area contributed by atoms with Crippen molar-refractivity contribution in [2.45, 2.75) is 58.5 Å². The molecule has 3 aromatic carbocycles. The number of halogens is 3. The van der Waals surface area contributed by atoms with Crippen molar-refractivity contribution >= 4 is 62.3 Å². The molecular weight excluding hydrogens is 617 g/mol. The van der Waals surface area contributed by atoms with Gasteiger partial charge in [0.15, 0.2) is 0 Å². The summed E-state index contributed by atoms with van der Waals surface area (Å²) in [5.41, 5.74) is 2.20. The maximum Gasteiger partial charge on any atom is 0.264 e. The zero-order valence-electron chi connectivity index (χ0n) is 24.3. The molecule has 0 heterocycles. The number of aryl methyl sites for hydroxylation is 2. The van der Waals surface area contributed by atoms with Crippen LogP contribution in [0.15, 0.2) is 65.6 Å². The highest BCUT2D eigenvalue weighted by atomic mass is 35.5. The third-order valence-electron chi connectivity index (χ3n) is 6.79. The van der Waals surface area contributed by atoms with E-state index < -0.39 is 28.5 Å². The molecule has 0 aliphatic carbocycles. The van der Waals surface area contributed by atoms with Gasteiger partial charge in [0, 0.05) is 33.7 Å². The SMILES string of the molecule is CC[C@@H](C(=O)NCC(C)C)N(Cc1c(Cl)cccc1Cl)C(=O)CN(c1cc(Cl)ccc1C)S(=O)(=O)c1ccc(C)cc1. The zero-order chi connectivity index (χ0) is 31.2. The van der Waals surface area contributed by atoms with Crippen molar-refractivity contribution in [2.24, 2.45) is 5.92 Å². The largest absolute Gasteiger partial charge is 0.354 e. The number of hydrogen-bond donors (Lipinski definition) is 1. The van der Waals surface area contributed by atoms with E-state index in [0.717, 1.165) is 9.87 Å². The molecule has 42 heavy (non-hydrogen) atoms. The minimum atomic E-state index is -4.23. The van der Waals surface area contributed by atoms with E-state index in [4.69, 9.17) is 34.8 Å². The van der Waals surface area contributed by atoms with E-state index in [-0.39, 0.29) is 35.4 Å². The van der Waals surface area contributed by atoms with Gasteiger partial charge in [0.25, 0.3) is 10.0 Å². The Bertz CT molecular complexity index is 1510. The molecule has 0 aromatic heterocycles. The van der Waals surface area contributed by atoms with Gasteiger partial charge >= 0.3 is 0 Å². The van der Waals surface area contributed by atoms with Gasteiger partial charge in [0.05, 0.1) is 10.6 Å². The highest BCUT2D eigenvalue weighted by molar-refractivity contribution is 7.92. The van der Waals surface area contributed by atoms with Gasteiger partial charge in [-0.2, -0.15) is 0 Å². The fraction of sp³-hybridized carbons (Fsp3) is 0.355. The highest BCUT2D eigenvalue weighted by Crippen LogP contribution is 2.31. The van der Waals surface area contributed by atoms with Crippen LogP contribution in [0, 0.1) is 19.8 Å². The first kappa shape index (κ1) is 33.7. The Morgan fingerprint density at radius 2 is 1.55 bits per heavy atom. The Labute approximate surface area is 263 Å². The van der Waals surface area contributed by atoms with Crippen LogP contribution in [0.2, 0.25) is 15.1 Å². The van der Waals surface area contributed by atoms with Crippen LogP contribution in [0.25, 0.3) is 0 Å². The lowest BCUT2D eigenvalue weighted by Crippen LogP contribution is -2.52. The van der Waals surface area contributed by atoms with Crippen molar-refractivity contribution in [3.63, 3.8) is 0 Å². The molecule has 7 nitrogen and oxygen atoms in total. The lowest BCUT2D eigenvalue weighted by molar-refractivity contribution is -0.140. The number of amides is 2. The van der Waals surface area contributed by atoms with E-state index in [2.05, 4.69) is 5.32 Å². The van der Waals surface area contributed by atoms with Crippen LogP contribution in [-0.4, -0.2) is 44.3 Å². The predicted molar refractivity (Wildman–Crippen MR) is 171 cm³/mol. The first-order valence-corrected chi connectivity index (χ1v) is 16.2. The summed E-state index contributed by atoms with van der Waals surface area (Å²) in [6, 6.07) is 15.3. The van der Waals surface area contributed by atoms with Crippen molar-refractivity contribution in [1.82, 2.24) is 10.2 Å². The van der Waals surface area contributed by atoms with Crippen LogP contribution < -0.4 is 9.62 Å². The predicted octanol–water partition coefficient (Wildman–Crippen LogP) is 7.04. The number of nitrogens with zero attached hydrogens (tertiary/aromatic N) is 2. The van der Waals surface area contributed by atoms with Crippen LogP contribution in [-0.2, 0) is 26.2 Å². The van der Waals surface area contributed by atoms with Gasteiger partial charge in [-0.1, -0.05) is 85.4 Å². The normalized spacial score (nSPS) is 12.2. The van der Waals surface area contributed by atoms with E-state index in [1.165, 1.54) is 23.1 Å². The molecular formula is C31H36Cl3N3O4S. The van der Waals surface area contributed by atoms with Crippen LogP contribution in [0.3, 0.4) is 0 Å². The van der Waals surface area contributed by atoms with Gasteiger partial charge in [0.2, 0.25) is 11.8 Å².